The topological polar surface area (TPSA) is 0 Å². The SMILES string of the molecule is CC[Si](=[Zr+2])CC.CCc1cc2c(-c3cc(C)cc(C)c3)cc(C)cc2[cH-]1.Cc1cc(C)cc(-c2cc(C)cc3[cH-]c(C)cc23)c1.[Cl-].[Cl-]. The molecular weight excluding hydrogens is 707 g/mol. The van der Waals surface area contributed by atoms with Gasteiger partial charge in [-0.3, -0.25) is 0 Å². The Balaban J connectivity index is 0.000000270. The summed E-state index contributed by atoms with van der Waals surface area (Å²) in [7, 11) is 0. The third-order valence-electron chi connectivity index (χ3n) is 8.47. The van der Waals surface area contributed by atoms with Crippen LogP contribution in [0.5, 0.6) is 0 Å². The van der Waals surface area contributed by atoms with Crippen molar-refractivity contribution in [3.63, 3.8) is 0 Å². The van der Waals surface area contributed by atoms with E-state index in [9.17, 15) is 0 Å². The van der Waals surface area contributed by atoms with Gasteiger partial charge in [0.2, 0.25) is 0 Å². The van der Waals surface area contributed by atoms with E-state index in [1.165, 1.54) is 100 Å². The van der Waals surface area contributed by atoms with E-state index in [-0.39, 0.29) is 30.2 Å². The average Bonchev–Trinajstić information content (AvgIpc) is 3.57. The number of aryl methyl sites for hydroxylation is 8. The number of halogens is 2. The van der Waals surface area contributed by atoms with Gasteiger partial charge in [0.05, 0.1) is 0 Å². The number of rotatable bonds is 5. The second-order valence-electron chi connectivity index (χ2n) is 12.9. The fourth-order valence-corrected chi connectivity index (χ4v) is 6.85. The Morgan fingerprint density at radius 1 is 0.489 bits per heavy atom. The summed E-state index contributed by atoms with van der Waals surface area (Å²) in [6.45, 7) is 22.0. The molecule has 0 saturated heterocycles. The van der Waals surface area contributed by atoms with Crippen LogP contribution in [-0.4, -0.2) is 5.43 Å². The van der Waals surface area contributed by atoms with Crippen LogP contribution in [0.15, 0.2) is 84.9 Å². The fraction of sp³-hybridized carbons (Fsp3) is 0.302. The summed E-state index contributed by atoms with van der Waals surface area (Å²) < 4.78 is 0. The molecular formula is C43H50Cl2SiZr-2. The molecule has 246 valence electrons. The zero-order chi connectivity index (χ0) is 32.8. The van der Waals surface area contributed by atoms with Gasteiger partial charge < -0.3 is 24.8 Å². The van der Waals surface area contributed by atoms with E-state index in [1.807, 2.05) is 0 Å². The average molecular weight is 757 g/mol. The van der Waals surface area contributed by atoms with Gasteiger partial charge in [0.25, 0.3) is 0 Å². The summed E-state index contributed by atoms with van der Waals surface area (Å²) in [4.78, 5) is 0. The number of benzene rings is 4. The van der Waals surface area contributed by atoms with Gasteiger partial charge in [-0.25, -0.2) is 0 Å². The zero-order valence-corrected chi connectivity index (χ0v) is 34.9. The summed E-state index contributed by atoms with van der Waals surface area (Å²) >= 11 is 1.80. The van der Waals surface area contributed by atoms with Crippen molar-refractivity contribution in [1.82, 2.24) is 0 Å². The summed E-state index contributed by atoms with van der Waals surface area (Å²) in [5.41, 5.74) is 16.4. The second kappa shape index (κ2) is 18.5. The molecule has 0 unspecified atom stereocenters. The van der Waals surface area contributed by atoms with Crippen LogP contribution in [0.4, 0.5) is 0 Å². The first-order chi connectivity index (χ1) is 21.4. The normalized spacial score (nSPS) is 10.4. The molecule has 0 fully saturated rings. The van der Waals surface area contributed by atoms with Crippen molar-refractivity contribution in [3.05, 3.63) is 129 Å². The Morgan fingerprint density at radius 2 is 0.872 bits per heavy atom. The maximum atomic E-state index is 2.35. The van der Waals surface area contributed by atoms with Crippen LogP contribution in [-0.2, 0) is 29.8 Å². The molecule has 0 bridgehead atoms. The van der Waals surface area contributed by atoms with E-state index < -0.39 is 0 Å². The minimum Gasteiger partial charge on any atom is -1.00 e. The van der Waals surface area contributed by atoms with Gasteiger partial charge in [-0.05, 0) is 59.1 Å². The maximum Gasteiger partial charge on any atom is -0.0274 e. The van der Waals surface area contributed by atoms with E-state index in [1.54, 1.807) is 23.3 Å². The van der Waals surface area contributed by atoms with E-state index in [0.717, 1.165) is 6.42 Å². The summed E-state index contributed by atoms with van der Waals surface area (Å²) in [6, 6.07) is 35.0. The van der Waals surface area contributed by atoms with Gasteiger partial charge in [-0.1, -0.05) is 107 Å². The van der Waals surface area contributed by atoms with Gasteiger partial charge >= 0.3 is 54.7 Å². The standard InChI is InChI=1S/C20H21.C19H19.C4H10Si.2ClH.Zr/c1-5-16-11-18-9-15(4)10-19(20(18)12-16)17-7-13(2)6-14(3)8-17;1-12-5-13(2)7-16(6-12)18-10-14(3)8-17-9-15(4)11-19(17)18;1-3-5-4-2;;;/h6-12H,5H2,1-4H3;5-11H,1-4H3;3-4H2,1-2H3;2*1H;/q2*-1;;;;+2/p-2. The summed E-state index contributed by atoms with van der Waals surface area (Å²) in [6.07, 6.45) is 1.10. The molecule has 6 aromatic rings. The Labute approximate surface area is 312 Å². The second-order valence-corrected chi connectivity index (χ2v) is 20.8. The molecule has 6 rings (SSSR count). The number of hydrogen-bond donors (Lipinski definition) is 0. The van der Waals surface area contributed by atoms with Crippen LogP contribution < -0.4 is 24.8 Å². The summed E-state index contributed by atoms with van der Waals surface area (Å²) in [5.74, 6) is 0. The van der Waals surface area contributed by atoms with Gasteiger partial charge in [0.1, 0.15) is 0 Å². The molecule has 0 aromatic heterocycles. The minimum absolute atomic E-state index is 0. The van der Waals surface area contributed by atoms with Crippen molar-refractivity contribution in [1.29, 1.82) is 0 Å². The van der Waals surface area contributed by atoms with Gasteiger partial charge in [-0.15, -0.1) is 56.9 Å². The first-order valence-corrected chi connectivity index (χ1v) is 22.1. The molecule has 0 heterocycles. The maximum absolute atomic E-state index is 2.35. The Kier molecular flexibility index (Phi) is 16.1. The molecule has 0 aliphatic carbocycles. The predicted octanol–water partition coefficient (Wildman–Crippen LogP) is 6.75. The van der Waals surface area contributed by atoms with Crippen molar-refractivity contribution in [2.24, 2.45) is 0 Å². The van der Waals surface area contributed by atoms with Gasteiger partial charge in [-0.2, -0.15) is 12.1 Å². The zero-order valence-electron chi connectivity index (χ0n) is 30.0. The molecule has 0 nitrogen and oxygen atoms in total. The van der Waals surface area contributed by atoms with Crippen molar-refractivity contribution >= 4 is 27.0 Å². The van der Waals surface area contributed by atoms with Crippen LogP contribution >= 0.6 is 0 Å². The van der Waals surface area contributed by atoms with Gasteiger partial charge in [0.15, 0.2) is 0 Å². The van der Waals surface area contributed by atoms with E-state index in [0.29, 0.717) is 0 Å². The molecule has 0 aliphatic rings. The molecule has 0 spiro atoms. The van der Waals surface area contributed by atoms with Crippen molar-refractivity contribution in [2.45, 2.75) is 87.7 Å². The molecule has 0 saturated carbocycles. The largest absolute Gasteiger partial charge is 1.00 e. The van der Waals surface area contributed by atoms with Crippen molar-refractivity contribution in [2.75, 3.05) is 0 Å². The predicted molar refractivity (Wildman–Crippen MR) is 199 cm³/mol. The summed E-state index contributed by atoms with van der Waals surface area (Å²) in [5, 5.41) is 5.48. The molecule has 6 aromatic carbocycles. The number of fused-ring (bicyclic) bond motifs is 2. The molecule has 0 radical (unpaired) electrons. The third kappa shape index (κ3) is 10.9. The van der Waals surface area contributed by atoms with Crippen LogP contribution in [0.2, 0.25) is 12.1 Å². The van der Waals surface area contributed by atoms with Crippen LogP contribution in [0.25, 0.3) is 43.8 Å². The van der Waals surface area contributed by atoms with E-state index in [2.05, 4.69) is 154 Å². The Hall–Kier alpha value is -2.22. The molecule has 4 heteroatoms. The first-order valence-electron chi connectivity index (χ1n) is 16.5. The van der Waals surface area contributed by atoms with Crippen LogP contribution in [0.1, 0.15) is 65.3 Å². The Morgan fingerprint density at radius 3 is 1.26 bits per heavy atom. The molecule has 47 heavy (non-hydrogen) atoms. The minimum atomic E-state index is 0. The third-order valence-corrected chi connectivity index (χ3v) is 15.4. The fourth-order valence-electron chi connectivity index (χ4n) is 6.35. The molecule has 0 atom stereocenters. The van der Waals surface area contributed by atoms with Crippen molar-refractivity contribution in [3.8, 4) is 22.3 Å². The van der Waals surface area contributed by atoms with Crippen molar-refractivity contribution < 1.29 is 48.1 Å². The first kappa shape index (κ1) is 41.0. The Bertz CT molecular complexity index is 1910. The van der Waals surface area contributed by atoms with E-state index in [4.69, 9.17) is 0 Å². The number of hydrogen-bond acceptors (Lipinski definition) is 0. The van der Waals surface area contributed by atoms with Crippen LogP contribution in [0.3, 0.4) is 0 Å². The molecule has 0 N–H and O–H groups in total. The quantitative estimate of drug-likeness (QED) is 0.135. The molecule has 0 amide bonds. The molecule has 0 aliphatic heterocycles. The van der Waals surface area contributed by atoms with E-state index >= 15 is 0 Å². The van der Waals surface area contributed by atoms with Gasteiger partial charge in [0, 0.05) is 0 Å². The smallest absolute Gasteiger partial charge is 0.0274 e. The van der Waals surface area contributed by atoms with Crippen LogP contribution in [0, 0.1) is 48.5 Å². The monoisotopic (exact) mass is 754 g/mol.